The lowest BCUT2D eigenvalue weighted by atomic mass is 10.2. The molecule has 0 bridgehead atoms. The maximum atomic E-state index is 12.3. The lowest BCUT2D eigenvalue weighted by Crippen LogP contribution is -2.44. The molecule has 4 nitrogen and oxygen atoms in total. The number of hydrogen-bond donors (Lipinski definition) is 1. The van der Waals surface area contributed by atoms with E-state index in [1.165, 1.54) is 0 Å². The van der Waals surface area contributed by atoms with Crippen LogP contribution in [0.4, 0.5) is 5.69 Å². The van der Waals surface area contributed by atoms with Crippen LogP contribution in [0.15, 0.2) is 18.5 Å². The molecule has 0 aliphatic carbocycles. The molecule has 5 heteroatoms. The summed E-state index contributed by atoms with van der Waals surface area (Å²) in [6, 6.07) is 1.67. The third kappa shape index (κ3) is 2.72. The van der Waals surface area contributed by atoms with Crippen molar-refractivity contribution in [3.63, 3.8) is 0 Å². The van der Waals surface area contributed by atoms with Gasteiger partial charge in [0.15, 0.2) is 0 Å². The minimum Gasteiger partial charge on any atom is -0.398 e. The average molecular weight is 251 g/mol. The molecule has 2 heterocycles. The van der Waals surface area contributed by atoms with Crippen molar-refractivity contribution in [1.29, 1.82) is 0 Å². The topological polar surface area (TPSA) is 59.2 Å². The van der Waals surface area contributed by atoms with Crippen molar-refractivity contribution in [1.82, 2.24) is 9.88 Å². The molecule has 1 aliphatic rings. The Bertz CT molecular complexity index is 414. The number of nitrogen functional groups attached to an aromatic ring is 1. The monoisotopic (exact) mass is 251 g/mol. The van der Waals surface area contributed by atoms with E-state index in [1.54, 1.807) is 18.5 Å². The zero-order valence-electron chi connectivity index (χ0n) is 10.1. The summed E-state index contributed by atoms with van der Waals surface area (Å²) in [5, 5.41) is 0.946. The second-order valence-corrected chi connectivity index (χ2v) is 6.31. The molecular weight excluding hydrogens is 234 g/mol. The van der Waals surface area contributed by atoms with Crippen LogP contribution in [-0.2, 0) is 0 Å². The maximum Gasteiger partial charge on any atom is 0.257 e. The zero-order chi connectivity index (χ0) is 12.4. The van der Waals surface area contributed by atoms with Crippen molar-refractivity contribution >= 4 is 23.4 Å². The number of rotatable bonds is 1. The molecule has 2 rings (SSSR count). The number of aromatic nitrogens is 1. The molecular formula is C12H17N3OS. The highest BCUT2D eigenvalue weighted by Gasteiger charge is 2.27. The van der Waals surface area contributed by atoms with Crippen LogP contribution in [0.25, 0.3) is 0 Å². The van der Waals surface area contributed by atoms with Crippen LogP contribution in [-0.4, -0.2) is 39.4 Å². The van der Waals surface area contributed by atoms with Crippen LogP contribution in [0.2, 0.25) is 0 Å². The van der Waals surface area contributed by atoms with Crippen molar-refractivity contribution in [3.8, 4) is 0 Å². The van der Waals surface area contributed by atoms with Crippen molar-refractivity contribution in [2.24, 2.45) is 0 Å². The molecule has 1 aromatic rings. The number of amides is 1. The number of carbonyl (C=O) groups excluding carboxylic acids is 1. The Hall–Kier alpha value is -1.23. The van der Waals surface area contributed by atoms with Gasteiger partial charge in [-0.15, -0.1) is 0 Å². The average Bonchev–Trinajstić information content (AvgIpc) is 2.27. The van der Waals surface area contributed by atoms with E-state index >= 15 is 0 Å². The molecule has 0 aromatic carbocycles. The van der Waals surface area contributed by atoms with Crippen molar-refractivity contribution in [3.05, 3.63) is 24.0 Å². The Balaban J connectivity index is 2.17. The molecule has 0 spiro atoms. The fourth-order valence-electron chi connectivity index (χ4n) is 2.10. The Kier molecular flexibility index (Phi) is 3.57. The second kappa shape index (κ2) is 4.96. The van der Waals surface area contributed by atoms with E-state index in [0.29, 0.717) is 21.8 Å². The minimum absolute atomic E-state index is 0.00500. The van der Waals surface area contributed by atoms with Crippen LogP contribution >= 0.6 is 11.8 Å². The molecule has 1 saturated heterocycles. The predicted molar refractivity (Wildman–Crippen MR) is 71.1 cm³/mol. The maximum absolute atomic E-state index is 12.3. The van der Waals surface area contributed by atoms with E-state index in [-0.39, 0.29) is 5.91 Å². The number of pyridine rings is 1. The van der Waals surface area contributed by atoms with E-state index in [0.717, 1.165) is 13.1 Å². The number of nitrogens with zero attached hydrogens (tertiary/aromatic N) is 2. The molecule has 1 fully saturated rings. The van der Waals surface area contributed by atoms with Crippen LogP contribution in [0, 0.1) is 0 Å². The van der Waals surface area contributed by atoms with Crippen molar-refractivity contribution < 1.29 is 4.79 Å². The summed E-state index contributed by atoms with van der Waals surface area (Å²) in [5.41, 5.74) is 6.82. The van der Waals surface area contributed by atoms with E-state index in [2.05, 4.69) is 18.8 Å². The number of thioether (sulfide) groups is 1. The van der Waals surface area contributed by atoms with Gasteiger partial charge in [-0.25, -0.2) is 0 Å². The van der Waals surface area contributed by atoms with Gasteiger partial charge in [0.25, 0.3) is 5.91 Å². The molecule has 1 aromatic heterocycles. The number of carbonyl (C=O) groups is 1. The summed E-state index contributed by atoms with van der Waals surface area (Å²) < 4.78 is 0. The molecule has 17 heavy (non-hydrogen) atoms. The van der Waals surface area contributed by atoms with Crippen LogP contribution in [0.1, 0.15) is 24.2 Å². The van der Waals surface area contributed by atoms with Gasteiger partial charge in [0.2, 0.25) is 0 Å². The number of nitrogens with two attached hydrogens (primary N) is 1. The lowest BCUT2D eigenvalue weighted by Gasteiger charge is -2.34. The number of hydrogen-bond acceptors (Lipinski definition) is 4. The third-order valence-corrected chi connectivity index (χ3v) is 4.02. The normalized spacial score (nSPS) is 24.7. The van der Waals surface area contributed by atoms with Gasteiger partial charge >= 0.3 is 0 Å². The third-order valence-electron chi connectivity index (χ3n) is 2.79. The molecule has 2 N–H and O–H groups in total. The van der Waals surface area contributed by atoms with Gasteiger partial charge in [-0.3, -0.25) is 9.78 Å². The first-order valence-electron chi connectivity index (χ1n) is 5.72. The van der Waals surface area contributed by atoms with Gasteiger partial charge in [-0.1, -0.05) is 13.8 Å². The summed E-state index contributed by atoms with van der Waals surface area (Å²) in [4.78, 5) is 18.1. The quantitative estimate of drug-likeness (QED) is 0.824. The fourth-order valence-corrected chi connectivity index (χ4v) is 3.42. The van der Waals surface area contributed by atoms with E-state index < -0.39 is 0 Å². The predicted octanol–water partition coefficient (Wildman–Crippen LogP) is 1.63. The summed E-state index contributed by atoms with van der Waals surface area (Å²) in [6.07, 6.45) is 3.15. The van der Waals surface area contributed by atoms with Crippen LogP contribution < -0.4 is 5.73 Å². The Morgan fingerprint density at radius 2 is 2.12 bits per heavy atom. The molecule has 1 amide bonds. The van der Waals surface area contributed by atoms with Gasteiger partial charge in [-0.2, -0.15) is 11.8 Å². The molecule has 2 unspecified atom stereocenters. The first kappa shape index (κ1) is 12.2. The van der Waals surface area contributed by atoms with Gasteiger partial charge in [-0.05, 0) is 6.07 Å². The van der Waals surface area contributed by atoms with Gasteiger partial charge in [0.05, 0.1) is 5.56 Å². The Labute approximate surface area is 106 Å². The first-order chi connectivity index (χ1) is 8.08. The van der Waals surface area contributed by atoms with E-state index in [9.17, 15) is 4.79 Å². The number of anilines is 1. The van der Waals surface area contributed by atoms with Gasteiger partial charge < -0.3 is 10.6 Å². The lowest BCUT2D eigenvalue weighted by molar-refractivity contribution is 0.0754. The van der Waals surface area contributed by atoms with Crippen molar-refractivity contribution in [2.75, 3.05) is 18.8 Å². The highest BCUT2D eigenvalue weighted by molar-refractivity contribution is 8.00. The second-order valence-electron chi connectivity index (χ2n) is 4.43. The molecule has 0 saturated carbocycles. The highest BCUT2D eigenvalue weighted by atomic mass is 32.2. The molecule has 1 aliphatic heterocycles. The molecule has 0 radical (unpaired) electrons. The molecule has 92 valence electrons. The van der Waals surface area contributed by atoms with E-state index in [4.69, 9.17) is 5.73 Å². The zero-order valence-corrected chi connectivity index (χ0v) is 10.9. The molecule has 2 atom stereocenters. The highest BCUT2D eigenvalue weighted by Crippen LogP contribution is 2.26. The van der Waals surface area contributed by atoms with Crippen LogP contribution in [0.5, 0.6) is 0 Å². The van der Waals surface area contributed by atoms with E-state index in [1.807, 2.05) is 16.7 Å². The summed E-state index contributed by atoms with van der Waals surface area (Å²) in [7, 11) is 0. The van der Waals surface area contributed by atoms with Crippen molar-refractivity contribution in [2.45, 2.75) is 24.3 Å². The fraction of sp³-hybridized carbons (Fsp3) is 0.500. The summed E-state index contributed by atoms with van der Waals surface area (Å²) >= 11 is 1.92. The Morgan fingerprint density at radius 3 is 2.71 bits per heavy atom. The smallest absolute Gasteiger partial charge is 0.257 e. The first-order valence-corrected chi connectivity index (χ1v) is 6.66. The van der Waals surface area contributed by atoms with Crippen LogP contribution in [0.3, 0.4) is 0 Å². The minimum atomic E-state index is -0.00500. The summed E-state index contributed by atoms with van der Waals surface area (Å²) in [6.45, 7) is 5.85. The summed E-state index contributed by atoms with van der Waals surface area (Å²) in [5.74, 6) is -0.00500. The standard InChI is InChI=1S/C12H17N3OS/c1-8-6-15(7-9(2)17-8)12(16)10-5-14-4-3-11(10)13/h3-5,8-9H,6-7H2,1-2H3,(H2,13,14). The largest absolute Gasteiger partial charge is 0.398 e. The van der Waals surface area contributed by atoms with Gasteiger partial charge in [0, 0.05) is 41.7 Å². The SMILES string of the molecule is CC1CN(C(=O)c2cnccc2N)CC(C)S1. The van der Waals surface area contributed by atoms with Gasteiger partial charge in [0.1, 0.15) is 0 Å². The Morgan fingerprint density at radius 1 is 1.47 bits per heavy atom.